The molecule has 0 N–H and O–H groups in total. The van der Waals surface area contributed by atoms with Gasteiger partial charge in [-0.05, 0) is 31.5 Å². The monoisotopic (exact) mass is 289 g/mol. The summed E-state index contributed by atoms with van der Waals surface area (Å²) in [6, 6.07) is 8.94. The van der Waals surface area contributed by atoms with Crippen LogP contribution in [-0.2, 0) is 6.54 Å². The van der Waals surface area contributed by atoms with E-state index in [4.69, 9.17) is 0 Å². The molecule has 4 heteroatoms. The van der Waals surface area contributed by atoms with Crippen LogP contribution in [0.25, 0.3) is 0 Å². The van der Waals surface area contributed by atoms with Gasteiger partial charge in [0, 0.05) is 30.8 Å². The highest BCUT2D eigenvalue weighted by Crippen LogP contribution is 2.16. The van der Waals surface area contributed by atoms with Gasteiger partial charge in [0.25, 0.3) is 5.91 Å². The quantitative estimate of drug-likeness (QED) is 0.840. The number of halogens is 2. The standard InChI is InChI=1S/C17H17F2NO/c1-11-4-7-15(12(2)8-11)17(21)20(3)10-13-5-6-14(18)9-16(13)19/h4-9H,10H2,1-3H3. The van der Waals surface area contributed by atoms with E-state index < -0.39 is 11.6 Å². The van der Waals surface area contributed by atoms with Crippen LogP contribution in [0.1, 0.15) is 27.0 Å². The molecule has 0 aliphatic heterocycles. The van der Waals surface area contributed by atoms with Crippen LogP contribution in [0.3, 0.4) is 0 Å². The summed E-state index contributed by atoms with van der Waals surface area (Å²) in [4.78, 5) is 13.8. The van der Waals surface area contributed by atoms with Crippen LogP contribution in [0, 0.1) is 25.5 Å². The Hall–Kier alpha value is -2.23. The molecule has 0 saturated heterocycles. The molecule has 0 radical (unpaired) electrons. The van der Waals surface area contributed by atoms with Crippen molar-refractivity contribution in [2.75, 3.05) is 7.05 Å². The van der Waals surface area contributed by atoms with Gasteiger partial charge in [-0.1, -0.05) is 23.8 Å². The molecule has 0 aromatic heterocycles. The molecule has 0 heterocycles. The first kappa shape index (κ1) is 15.2. The van der Waals surface area contributed by atoms with Crippen LogP contribution >= 0.6 is 0 Å². The molecule has 0 atom stereocenters. The lowest BCUT2D eigenvalue weighted by Gasteiger charge is -2.19. The summed E-state index contributed by atoms with van der Waals surface area (Å²) >= 11 is 0. The van der Waals surface area contributed by atoms with E-state index in [0.717, 1.165) is 17.2 Å². The summed E-state index contributed by atoms with van der Waals surface area (Å²) in [6.07, 6.45) is 0. The maximum Gasteiger partial charge on any atom is 0.254 e. The SMILES string of the molecule is Cc1ccc(C(=O)N(C)Cc2ccc(F)cc2F)c(C)c1. The van der Waals surface area contributed by atoms with Gasteiger partial charge in [-0.25, -0.2) is 8.78 Å². The molecule has 0 fully saturated rings. The van der Waals surface area contributed by atoms with Crippen molar-refractivity contribution in [1.29, 1.82) is 0 Å². The zero-order valence-corrected chi connectivity index (χ0v) is 12.3. The van der Waals surface area contributed by atoms with E-state index in [2.05, 4.69) is 0 Å². The topological polar surface area (TPSA) is 20.3 Å². The van der Waals surface area contributed by atoms with Crippen molar-refractivity contribution in [3.05, 3.63) is 70.3 Å². The second-order valence-corrected chi connectivity index (χ2v) is 5.22. The van der Waals surface area contributed by atoms with Crippen molar-refractivity contribution in [2.45, 2.75) is 20.4 Å². The van der Waals surface area contributed by atoms with Gasteiger partial charge in [0.1, 0.15) is 11.6 Å². The number of nitrogens with zero attached hydrogens (tertiary/aromatic N) is 1. The number of carbonyl (C=O) groups is 1. The Morgan fingerprint density at radius 3 is 2.43 bits per heavy atom. The average Bonchev–Trinajstić information content (AvgIpc) is 2.41. The van der Waals surface area contributed by atoms with E-state index in [-0.39, 0.29) is 18.0 Å². The minimum atomic E-state index is -0.643. The van der Waals surface area contributed by atoms with Crippen molar-refractivity contribution >= 4 is 5.91 Å². The molecule has 110 valence electrons. The second-order valence-electron chi connectivity index (χ2n) is 5.22. The third kappa shape index (κ3) is 3.45. The van der Waals surface area contributed by atoms with Crippen LogP contribution in [0.5, 0.6) is 0 Å². The van der Waals surface area contributed by atoms with Gasteiger partial charge in [0.15, 0.2) is 0 Å². The minimum absolute atomic E-state index is 0.0955. The fourth-order valence-corrected chi connectivity index (χ4v) is 2.24. The Morgan fingerprint density at radius 2 is 1.81 bits per heavy atom. The molecule has 0 saturated carbocycles. The van der Waals surface area contributed by atoms with E-state index in [1.165, 1.54) is 17.0 Å². The number of amides is 1. The molecule has 2 rings (SSSR count). The fraction of sp³-hybridized carbons (Fsp3) is 0.235. The van der Waals surface area contributed by atoms with Gasteiger partial charge >= 0.3 is 0 Å². The highest BCUT2D eigenvalue weighted by molar-refractivity contribution is 5.95. The van der Waals surface area contributed by atoms with Gasteiger partial charge in [-0.15, -0.1) is 0 Å². The van der Waals surface area contributed by atoms with E-state index in [9.17, 15) is 13.6 Å². The molecule has 1 amide bonds. The molecule has 2 aromatic carbocycles. The van der Waals surface area contributed by atoms with E-state index >= 15 is 0 Å². The van der Waals surface area contributed by atoms with E-state index in [1.807, 2.05) is 26.0 Å². The van der Waals surface area contributed by atoms with Crippen molar-refractivity contribution in [2.24, 2.45) is 0 Å². The Bertz CT molecular complexity index is 682. The van der Waals surface area contributed by atoms with E-state index in [0.29, 0.717) is 5.56 Å². The molecule has 0 aliphatic carbocycles. The first-order valence-corrected chi connectivity index (χ1v) is 6.65. The second kappa shape index (κ2) is 6.04. The Labute approximate surface area is 123 Å². The normalized spacial score (nSPS) is 10.5. The van der Waals surface area contributed by atoms with Crippen molar-refractivity contribution in [3.8, 4) is 0 Å². The third-order valence-electron chi connectivity index (χ3n) is 3.38. The molecule has 2 aromatic rings. The number of hydrogen-bond donors (Lipinski definition) is 0. The summed E-state index contributed by atoms with van der Waals surface area (Å²) in [7, 11) is 1.60. The van der Waals surface area contributed by atoms with Gasteiger partial charge < -0.3 is 4.90 Å². The number of hydrogen-bond acceptors (Lipinski definition) is 1. The van der Waals surface area contributed by atoms with Gasteiger partial charge in [0.05, 0.1) is 0 Å². The molecular weight excluding hydrogens is 272 g/mol. The molecule has 0 bridgehead atoms. The van der Waals surface area contributed by atoms with Gasteiger partial charge in [-0.3, -0.25) is 4.79 Å². The molecule has 0 unspecified atom stereocenters. The molecule has 21 heavy (non-hydrogen) atoms. The largest absolute Gasteiger partial charge is 0.337 e. The third-order valence-corrected chi connectivity index (χ3v) is 3.38. The number of benzene rings is 2. The highest BCUT2D eigenvalue weighted by atomic mass is 19.1. The lowest BCUT2D eigenvalue weighted by molar-refractivity contribution is 0.0783. The van der Waals surface area contributed by atoms with Crippen LogP contribution < -0.4 is 0 Å². The Balaban J connectivity index is 2.19. The van der Waals surface area contributed by atoms with Crippen LogP contribution in [0.4, 0.5) is 8.78 Å². The zero-order chi connectivity index (χ0) is 15.6. The van der Waals surface area contributed by atoms with Gasteiger partial charge in [-0.2, -0.15) is 0 Å². The van der Waals surface area contributed by atoms with Crippen molar-refractivity contribution in [3.63, 3.8) is 0 Å². The number of rotatable bonds is 3. The Kier molecular flexibility index (Phi) is 4.36. The van der Waals surface area contributed by atoms with Crippen molar-refractivity contribution in [1.82, 2.24) is 4.90 Å². The van der Waals surface area contributed by atoms with E-state index in [1.54, 1.807) is 13.1 Å². The van der Waals surface area contributed by atoms with Crippen LogP contribution in [0.2, 0.25) is 0 Å². The predicted octanol–water partition coefficient (Wildman–Crippen LogP) is 3.85. The maximum atomic E-state index is 13.6. The summed E-state index contributed by atoms with van der Waals surface area (Å²) in [5.41, 5.74) is 2.84. The number of aryl methyl sites for hydroxylation is 2. The van der Waals surface area contributed by atoms with Gasteiger partial charge in [0.2, 0.25) is 0 Å². The first-order chi connectivity index (χ1) is 9.88. The summed E-state index contributed by atoms with van der Waals surface area (Å²) in [5.74, 6) is -1.45. The summed E-state index contributed by atoms with van der Waals surface area (Å²) < 4.78 is 26.5. The molecular formula is C17H17F2NO. The average molecular weight is 289 g/mol. The minimum Gasteiger partial charge on any atom is -0.337 e. The predicted molar refractivity (Wildman–Crippen MR) is 78.1 cm³/mol. The molecule has 2 nitrogen and oxygen atoms in total. The van der Waals surface area contributed by atoms with Crippen LogP contribution in [0.15, 0.2) is 36.4 Å². The fourth-order valence-electron chi connectivity index (χ4n) is 2.24. The molecule has 0 spiro atoms. The lowest BCUT2D eigenvalue weighted by Crippen LogP contribution is -2.27. The summed E-state index contributed by atoms with van der Waals surface area (Å²) in [5, 5.41) is 0. The maximum absolute atomic E-state index is 13.6. The zero-order valence-electron chi connectivity index (χ0n) is 12.3. The number of carbonyl (C=O) groups excluding carboxylic acids is 1. The highest BCUT2D eigenvalue weighted by Gasteiger charge is 2.16. The first-order valence-electron chi connectivity index (χ1n) is 6.65. The van der Waals surface area contributed by atoms with Crippen LogP contribution in [-0.4, -0.2) is 17.9 Å². The smallest absolute Gasteiger partial charge is 0.254 e. The Morgan fingerprint density at radius 1 is 1.10 bits per heavy atom. The summed E-state index contributed by atoms with van der Waals surface area (Å²) in [6.45, 7) is 3.92. The van der Waals surface area contributed by atoms with Crippen molar-refractivity contribution < 1.29 is 13.6 Å². The lowest BCUT2D eigenvalue weighted by atomic mass is 10.0. The molecule has 0 aliphatic rings.